The lowest BCUT2D eigenvalue weighted by atomic mass is 10.0. The highest BCUT2D eigenvalue weighted by Gasteiger charge is 2.23. The number of nitrogens with zero attached hydrogens (tertiary/aromatic N) is 1. The standard InChI is InChI=1S/C16H17NO4/c1-9-5-6-13(7-10(9)2)14(18)12(4)20-16(19)15-11(3)8-17-21-15/h5-8,12H,1-4H3/t12-/m0/s1. The summed E-state index contributed by atoms with van der Waals surface area (Å²) >= 11 is 0. The number of aryl methyl sites for hydroxylation is 3. The van der Waals surface area contributed by atoms with Crippen molar-refractivity contribution in [2.45, 2.75) is 33.8 Å². The number of esters is 1. The fourth-order valence-corrected chi connectivity index (χ4v) is 1.88. The number of carbonyl (C=O) groups is 2. The van der Waals surface area contributed by atoms with E-state index in [2.05, 4.69) is 5.16 Å². The maximum absolute atomic E-state index is 12.3. The Bertz CT molecular complexity index is 687. The van der Waals surface area contributed by atoms with Crippen LogP contribution in [0.5, 0.6) is 0 Å². The van der Waals surface area contributed by atoms with Crippen LogP contribution in [-0.2, 0) is 4.74 Å². The second-order valence-corrected chi connectivity index (χ2v) is 5.05. The van der Waals surface area contributed by atoms with E-state index in [-0.39, 0.29) is 11.5 Å². The molecule has 5 heteroatoms. The van der Waals surface area contributed by atoms with Gasteiger partial charge in [0, 0.05) is 11.1 Å². The van der Waals surface area contributed by atoms with Crippen molar-refractivity contribution in [1.82, 2.24) is 5.16 Å². The predicted molar refractivity (Wildman–Crippen MR) is 76.4 cm³/mol. The van der Waals surface area contributed by atoms with Gasteiger partial charge in [-0.2, -0.15) is 0 Å². The number of aromatic nitrogens is 1. The van der Waals surface area contributed by atoms with Gasteiger partial charge in [0.15, 0.2) is 6.10 Å². The van der Waals surface area contributed by atoms with Gasteiger partial charge in [0.1, 0.15) is 0 Å². The number of Topliss-reactive ketones (excluding diaryl/α,β-unsaturated/α-hetero) is 1. The van der Waals surface area contributed by atoms with Crippen LogP contribution in [0, 0.1) is 20.8 Å². The molecule has 0 aliphatic rings. The third kappa shape index (κ3) is 3.18. The second-order valence-electron chi connectivity index (χ2n) is 5.05. The van der Waals surface area contributed by atoms with Crippen LogP contribution >= 0.6 is 0 Å². The van der Waals surface area contributed by atoms with Crippen LogP contribution in [0.1, 0.15) is 44.5 Å². The van der Waals surface area contributed by atoms with E-state index in [4.69, 9.17) is 9.26 Å². The average molecular weight is 287 g/mol. The first kappa shape index (κ1) is 15.0. The summed E-state index contributed by atoms with van der Waals surface area (Å²) in [7, 11) is 0. The predicted octanol–water partition coefficient (Wildman–Crippen LogP) is 3.03. The molecule has 2 aromatic rings. The van der Waals surface area contributed by atoms with Crippen molar-refractivity contribution in [3.05, 3.63) is 52.4 Å². The molecular formula is C16H17NO4. The number of benzene rings is 1. The lowest BCUT2D eigenvalue weighted by Crippen LogP contribution is -2.24. The van der Waals surface area contributed by atoms with E-state index in [0.29, 0.717) is 11.1 Å². The highest BCUT2D eigenvalue weighted by molar-refractivity contribution is 6.01. The highest BCUT2D eigenvalue weighted by Crippen LogP contribution is 2.15. The van der Waals surface area contributed by atoms with Crippen LogP contribution < -0.4 is 0 Å². The highest BCUT2D eigenvalue weighted by atomic mass is 16.6. The maximum Gasteiger partial charge on any atom is 0.378 e. The Morgan fingerprint density at radius 3 is 2.43 bits per heavy atom. The molecule has 0 spiro atoms. The first-order valence-electron chi connectivity index (χ1n) is 6.64. The topological polar surface area (TPSA) is 69.4 Å². The summed E-state index contributed by atoms with van der Waals surface area (Å²) in [6.07, 6.45) is 0.538. The van der Waals surface area contributed by atoms with Crippen LogP contribution in [0.25, 0.3) is 0 Å². The van der Waals surface area contributed by atoms with Crippen LogP contribution in [0.2, 0.25) is 0 Å². The molecule has 2 rings (SSSR count). The minimum atomic E-state index is -0.885. The summed E-state index contributed by atoms with van der Waals surface area (Å²) in [6, 6.07) is 5.40. The van der Waals surface area contributed by atoms with Crippen LogP contribution in [-0.4, -0.2) is 23.0 Å². The number of ether oxygens (including phenoxy) is 1. The van der Waals surface area contributed by atoms with Crippen molar-refractivity contribution in [3.63, 3.8) is 0 Å². The molecule has 0 aliphatic heterocycles. The molecule has 0 radical (unpaired) electrons. The summed E-state index contributed by atoms with van der Waals surface area (Å²) in [4.78, 5) is 24.2. The smallest absolute Gasteiger partial charge is 0.378 e. The molecule has 1 aromatic carbocycles. The Kier molecular flexibility index (Phi) is 4.21. The SMILES string of the molecule is Cc1ccc(C(=O)[C@H](C)OC(=O)c2oncc2C)cc1C. The van der Waals surface area contributed by atoms with Gasteiger partial charge in [-0.15, -0.1) is 0 Å². The molecular weight excluding hydrogens is 270 g/mol. The van der Waals surface area contributed by atoms with Crippen molar-refractivity contribution in [2.75, 3.05) is 0 Å². The molecule has 1 heterocycles. The van der Waals surface area contributed by atoms with Gasteiger partial charge in [0.25, 0.3) is 0 Å². The van der Waals surface area contributed by atoms with Gasteiger partial charge >= 0.3 is 5.97 Å². The van der Waals surface area contributed by atoms with Crippen molar-refractivity contribution in [1.29, 1.82) is 0 Å². The van der Waals surface area contributed by atoms with E-state index >= 15 is 0 Å². The number of carbonyl (C=O) groups excluding carboxylic acids is 2. The summed E-state index contributed by atoms with van der Waals surface area (Å²) in [5.74, 6) is -0.909. The summed E-state index contributed by atoms with van der Waals surface area (Å²) in [5.41, 5.74) is 3.22. The Morgan fingerprint density at radius 1 is 1.14 bits per heavy atom. The monoisotopic (exact) mass is 287 g/mol. The van der Waals surface area contributed by atoms with E-state index in [1.54, 1.807) is 26.0 Å². The molecule has 0 N–H and O–H groups in total. The zero-order chi connectivity index (χ0) is 15.6. The van der Waals surface area contributed by atoms with Gasteiger partial charge in [-0.3, -0.25) is 4.79 Å². The average Bonchev–Trinajstić information content (AvgIpc) is 2.87. The molecule has 110 valence electrons. The van der Waals surface area contributed by atoms with Crippen molar-refractivity contribution < 1.29 is 18.8 Å². The van der Waals surface area contributed by atoms with Crippen molar-refractivity contribution in [2.24, 2.45) is 0 Å². The van der Waals surface area contributed by atoms with Gasteiger partial charge < -0.3 is 9.26 Å². The molecule has 21 heavy (non-hydrogen) atoms. The zero-order valence-electron chi connectivity index (χ0n) is 12.5. The van der Waals surface area contributed by atoms with Crippen LogP contribution in [0.15, 0.2) is 28.9 Å². The number of hydrogen-bond donors (Lipinski definition) is 0. The minimum absolute atomic E-state index is 0.0229. The molecule has 0 bridgehead atoms. The Morgan fingerprint density at radius 2 is 1.86 bits per heavy atom. The lowest BCUT2D eigenvalue weighted by molar-refractivity contribution is 0.0280. The molecule has 1 atom stereocenters. The van der Waals surface area contributed by atoms with Crippen molar-refractivity contribution in [3.8, 4) is 0 Å². The summed E-state index contributed by atoms with van der Waals surface area (Å²) < 4.78 is 9.95. The Labute approximate surface area is 122 Å². The Balaban J connectivity index is 2.11. The second kappa shape index (κ2) is 5.91. The Hall–Kier alpha value is -2.43. The molecule has 0 saturated heterocycles. The van der Waals surface area contributed by atoms with Crippen molar-refractivity contribution >= 4 is 11.8 Å². The lowest BCUT2D eigenvalue weighted by Gasteiger charge is -2.12. The van der Waals surface area contributed by atoms with Gasteiger partial charge in [0.05, 0.1) is 6.20 Å². The van der Waals surface area contributed by atoms with E-state index in [0.717, 1.165) is 11.1 Å². The normalized spacial score (nSPS) is 12.0. The van der Waals surface area contributed by atoms with E-state index in [1.165, 1.54) is 6.20 Å². The minimum Gasteiger partial charge on any atom is -0.448 e. The fourth-order valence-electron chi connectivity index (χ4n) is 1.88. The first-order valence-corrected chi connectivity index (χ1v) is 6.64. The van der Waals surface area contributed by atoms with E-state index in [9.17, 15) is 9.59 Å². The third-order valence-corrected chi connectivity index (χ3v) is 3.38. The number of ketones is 1. The van der Waals surface area contributed by atoms with E-state index in [1.807, 2.05) is 19.9 Å². The van der Waals surface area contributed by atoms with Gasteiger partial charge in [-0.05, 0) is 44.9 Å². The van der Waals surface area contributed by atoms with Gasteiger partial charge in [0.2, 0.25) is 11.5 Å². The van der Waals surface area contributed by atoms with Gasteiger partial charge in [-0.1, -0.05) is 17.3 Å². The fraction of sp³-hybridized carbons (Fsp3) is 0.312. The van der Waals surface area contributed by atoms with Gasteiger partial charge in [-0.25, -0.2) is 4.79 Å². The summed E-state index contributed by atoms with van der Waals surface area (Å²) in [5, 5.41) is 3.51. The molecule has 1 aromatic heterocycles. The molecule has 0 aliphatic carbocycles. The zero-order valence-corrected chi connectivity index (χ0v) is 12.5. The third-order valence-electron chi connectivity index (χ3n) is 3.38. The molecule has 0 unspecified atom stereocenters. The quantitative estimate of drug-likeness (QED) is 0.638. The van der Waals surface area contributed by atoms with Crippen LogP contribution in [0.4, 0.5) is 0 Å². The number of rotatable bonds is 4. The molecule has 0 amide bonds. The molecule has 5 nitrogen and oxygen atoms in total. The van der Waals surface area contributed by atoms with E-state index < -0.39 is 12.1 Å². The van der Waals surface area contributed by atoms with Crippen LogP contribution in [0.3, 0.4) is 0 Å². The summed E-state index contributed by atoms with van der Waals surface area (Å²) in [6.45, 7) is 7.13. The number of hydrogen-bond acceptors (Lipinski definition) is 5. The largest absolute Gasteiger partial charge is 0.448 e. The molecule has 0 fully saturated rings. The first-order chi connectivity index (χ1) is 9.90. The maximum atomic E-state index is 12.3. The molecule has 0 saturated carbocycles.